The molecule has 3 heteroatoms. The van der Waals surface area contributed by atoms with Crippen LogP contribution < -0.4 is 5.32 Å². The van der Waals surface area contributed by atoms with E-state index in [1.807, 2.05) is 13.0 Å². The van der Waals surface area contributed by atoms with Crippen molar-refractivity contribution in [3.8, 4) is 0 Å². The fourth-order valence-corrected chi connectivity index (χ4v) is 2.78. The van der Waals surface area contributed by atoms with Crippen LogP contribution >= 0.6 is 15.9 Å². The normalized spacial score (nSPS) is 24.7. The van der Waals surface area contributed by atoms with E-state index in [2.05, 4.69) is 28.2 Å². The molecule has 0 heterocycles. The van der Waals surface area contributed by atoms with Gasteiger partial charge in [0.15, 0.2) is 0 Å². The molecule has 0 radical (unpaired) electrons. The molecule has 1 nitrogen and oxygen atoms in total. The lowest BCUT2D eigenvalue weighted by Crippen LogP contribution is -2.23. The van der Waals surface area contributed by atoms with Crippen LogP contribution in [0.2, 0.25) is 0 Å². The standard InChI is InChI=1S/C14H19BrFN/c1-3-4-10-7-14(10)17-9(2)12-8-11(15)5-6-13(12)16/h5-6,8-10,14,17H,3-4,7H2,1-2H3. The molecule has 0 amide bonds. The molecule has 1 aromatic carbocycles. The lowest BCUT2D eigenvalue weighted by Gasteiger charge is -2.15. The number of halogens is 2. The largest absolute Gasteiger partial charge is 0.307 e. The van der Waals surface area contributed by atoms with Crippen molar-refractivity contribution < 1.29 is 4.39 Å². The summed E-state index contributed by atoms with van der Waals surface area (Å²) in [5.41, 5.74) is 0.751. The van der Waals surface area contributed by atoms with Gasteiger partial charge in [0.25, 0.3) is 0 Å². The number of nitrogens with one attached hydrogen (secondary N) is 1. The molecule has 0 spiro atoms. The number of benzene rings is 1. The monoisotopic (exact) mass is 299 g/mol. The van der Waals surface area contributed by atoms with Crippen LogP contribution in [0.1, 0.15) is 44.7 Å². The third-order valence-electron chi connectivity index (χ3n) is 3.47. The molecule has 2 rings (SSSR count). The SMILES string of the molecule is CCCC1CC1NC(C)c1cc(Br)ccc1F. The molecule has 1 saturated carbocycles. The Balaban J connectivity index is 1.96. The summed E-state index contributed by atoms with van der Waals surface area (Å²) in [5, 5.41) is 3.51. The van der Waals surface area contributed by atoms with Crippen molar-refractivity contribution in [2.24, 2.45) is 5.92 Å². The van der Waals surface area contributed by atoms with Gasteiger partial charge in [0, 0.05) is 22.1 Å². The van der Waals surface area contributed by atoms with Crippen LogP contribution in [0, 0.1) is 11.7 Å². The van der Waals surface area contributed by atoms with Crippen molar-refractivity contribution in [2.45, 2.75) is 45.2 Å². The Morgan fingerprint density at radius 3 is 3.00 bits per heavy atom. The molecular formula is C14H19BrFN. The van der Waals surface area contributed by atoms with Crippen LogP contribution in [-0.2, 0) is 0 Å². The number of hydrogen-bond acceptors (Lipinski definition) is 1. The Hall–Kier alpha value is -0.410. The maximum Gasteiger partial charge on any atom is 0.128 e. The molecule has 1 aromatic rings. The van der Waals surface area contributed by atoms with E-state index in [1.54, 1.807) is 6.07 Å². The average Bonchev–Trinajstić information content (AvgIpc) is 3.00. The van der Waals surface area contributed by atoms with Gasteiger partial charge in [0.2, 0.25) is 0 Å². The minimum atomic E-state index is -0.124. The van der Waals surface area contributed by atoms with Crippen molar-refractivity contribution in [2.75, 3.05) is 0 Å². The van der Waals surface area contributed by atoms with Crippen molar-refractivity contribution in [1.82, 2.24) is 5.32 Å². The summed E-state index contributed by atoms with van der Waals surface area (Å²) in [6.45, 7) is 4.25. The molecular weight excluding hydrogens is 281 g/mol. The first-order chi connectivity index (χ1) is 8.11. The molecule has 3 unspecified atom stereocenters. The molecule has 1 fully saturated rings. The van der Waals surface area contributed by atoms with Gasteiger partial charge in [-0.2, -0.15) is 0 Å². The Morgan fingerprint density at radius 1 is 1.53 bits per heavy atom. The second kappa shape index (κ2) is 5.49. The van der Waals surface area contributed by atoms with Crippen LogP contribution in [0.4, 0.5) is 4.39 Å². The Labute approximate surface area is 111 Å². The molecule has 1 aliphatic rings. The summed E-state index contributed by atoms with van der Waals surface area (Å²) >= 11 is 3.39. The highest BCUT2D eigenvalue weighted by atomic mass is 79.9. The van der Waals surface area contributed by atoms with Gasteiger partial charge in [-0.3, -0.25) is 0 Å². The quantitative estimate of drug-likeness (QED) is 0.848. The van der Waals surface area contributed by atoms with Crippen LogP contribution in [0.3, 0.4) is 0 Å². The fraction of sp³-hybridized carbons (Fsp3) is 0.571. The van der Waals surface area contributed by atoms with E-state index in [1.165, 1.54) is 25.3 Å². The summed E-state index contributed by atoms with van der Waals surface area (Å²) < 4.78 is 14.6. The molecule has 3 atom stereocenters. The zero-order valence-corrected chi connectivity index (χ0v) is 11.9. The maximum absolute atomic E-state index is 13.7. The van der Waals surface area contributed by atoms with Crippen LogP contribution in [0.25, 0.3) is 0 Å². The summed E-state index contributed by atoms with van der Waals surface area (Å²) in [6.07, 6.45) is 3.77. The second-order valence-electron chi connectivity index (χ2n) is 4.95. The first-order valence-electron chi connectivity index (χ1n) is 6.32. The minimum absolute atomic E-state index is 0.0827. The van der Waals surface area contributed by atoms with Gasteiger partial charge in [-0.1, -0.05) is 29.3 Å². The molecule has 1 aliphatic carbocycles. The van der Waals surface area contributed by atoms with Crippen molar-refractivity contribution in [3.63, 3.8) is 0 Å². The van der Waals surface area contributed by atoms with Crippen molar-refractivity contribution >= 4 is 15.9 Å². The van der Waals surface area contributed by atoms with Gasteiger partial charge in [0.05, 0.1) is 0 Å². The fourth-order valence-electron chi connectivity index (χ4n) is 2.40. The van der Waals surface area contributed by atoms with Gasteiger partial charge >= 0.3 is 0 Å². The molecule has 17 heavy (non-hydrogen) atoms. The summed E-state index contributed by atoms with van der Waals surface area (Å²) in [6, 6.07) is 5.79. The third-order valence-corrected chi connectivity index (χ3v) is 3.96. The number of rotatable bonds is 5. The van der Waals surface area contributed by atoms with E-state index in [-0.39, 0.29) is 11.9 Å². The van der Waals surface area contributed by atoms with Gasteiger partial charge in [0.1, 0.15) is 5.82 Å². The molecule has 0 aromatic heterocycles. The minimum Gasteiger partial charge on any atom is -0.307 e. The van der Waals surface area contributed by atoms with Gasteiger partial charge in [-0.25, -0.2) is 4.39 Å². The molecule has 0 saturated heterocycles. The predicted octanol–water partition coefficient (Wildman–Crippen LogP) is 4.43. The highest BCUT2D eigenvalue weighted by Gasteiger charge is 2.36. The van der Waals surface area contributed by atoms with E-state index in [0.717, 1.165) is 16.0 Å². The zero-order chi connectivity index (χ0) is 12.4. The molecule has 0 bridgehead atoms. The lowest BCUT2D eigenvalue weighted by molar-refractivity contribution is 0.503. The van der Waals surface area contributed by atoms with Gasteiger partial charge < -0.3 is 5.32 Å². The first-order valence-corrected chi connectivity index (χ1v) is 7.12. The van der Waals surface area contributed by atoms with E-state index < -0.39 is 0 Å². The Bertz CT molecular complexity index is 394. The van der Waals surface area contributed by atoms with E-state index >= 15 is 0 Å². The average molecular weight is 300 g/mol. The first kappa shape index (κ1) is 13.0. The highest BCUT2D eigenvalue weighted by molar-refractivity contribution is 9.10. The maximum atomic E-state index is 13.7. The van der Waals surface area contributed by atoms with Gasteiger partial charge in [-0.15, -0.1) is 0 Å². The van der Waals surface area contributed by atoms with E-state index in [9.17, 15) is 4.39 Å². The van der Waals surface area contributed by atoms with Crippen molar-refractivity contribution in [3.05, 3.63) is 34.1 Å². The van der Waals surface area contributed by atoms with Crippen molar-refractivity contribution in [1.29, 1.82) is 0 Å². The van der Waals surface area contributed by atoms with E-state index in [0.29, 0.717) is 6.04 Å². The zero-order valence-electron chi connectivity index (χ0n) is 10.3. The predicted molar refractivity (Wildman–Crippen MR) is 72.5 cm³/mol. The van der Waals surface area contributed by atoms with E-state index in [4.69, 9.17) is 0 Å². The Kier molecular flexibility index (Phi) is 4.21. The smallest absolute Gasteiger partial charge is 0.128 e. The molecule has 94 valence electrons. The third kappa shape index (κ3) is 3.29. The Morgan fingerprint density at radius 2 is 2.29 bits per heavy atom. The summed E-state index contributed by atoms with van der Waals surface area (Å²) in [7, 11) is 0. The lowest BCUT2D eigenvalue weighted by atomic mass is 10.1. The van der Waals surface area contributed by atoms with Crippen LogP contribution in [0.5, 0.6) is 0 Å². The summed E-state index contributed by atoms with van der Waals surface area (Å²) in [5.74, 6) is 0.679. The number of hydrogen-bond donors (Lipinski definition) is 1. The van der Waals surface area contributed by atoms with Crippen LogP contribution in [0.15, 0.2) is 22.7 Å². The highest BCUT2D eigenvalue weighted by Crippen LogP contribution is 2.36. The van der Waals surface area contributed by atoms with Gasteiger partial charge in [-0.05, 0) is 43.9 Å². The second-order valence-corrected chi connectivity index (χ2v) is 5.86. The molecule has 0 aliphatic heterocycles. The van der Waals surface area contributed by atoms with Crippen LogP contribution in [-0.4, -0.2) is 6.04 Å². The molecule has 1 N–H and O–H groups in total. The summed E-state index contributed by atoms with van der Waals surface area (Å²) in [4.78, 5) is 0. The topological polar surface area (TPSA) is 12.0 Å².